The van der Waals surface area contributed by atoms with Crippen LogP contribution in [0.15, 0.2) is 41.2 Å². The van der Waals surface area contributed by atoms with Crippen molar-refractivity contribution in [2.24, 2.45) is 10.7 Å². The van der Waals surface area contributed by atoms with Gasteiger partial charge in [0.05, 0.1) is 0 Å². The van der Waals surface area contributed by atoms with Gasteiger partial charge in [-0.3, -0.25) is 4.98 Å². The smallest absolute Gasteiger partial charge is 0.158 e. The molecule has 0 radical (unpaired) electrons. The number of nitrogens with two attached hydrogens (primary N) is 1. The summed E-state index contributed by atoms with van der Waals surface area (Å²) < 4.78 is 0. The van der Waals surface area contributed by atoms with Crippen molar-refractivity contribution in [2.45, 2.75) is 32.1 Å². The fourth-order valence-electron chi connectivity index (χ4n) is 1.91. The molecule has 3 nitrogen and oxygen atoms in total. The molecule has 0 aliphatic carbocycles. The lowest BCUT2D eigenvalue weighted by Crippen LogP contribution is -2.10. The number of rotatable bonds is 6. The molecule has 0 aromatic carbocycles. The lowest BCUT2D eigenvalue weighted by Gasteiger charge is -2.10. The van der Waals surface area contributed by atoms with Gasteiger partial charge < -0.3 is 5.73 Å². The van der Waals surface area contributed by atoms with E-state index in [-0.39, 0.29) is 0 Å². The predicted octanol–water partition coefficient (Wildman–Crippen LogP) is 3.13. The van der Waals surface area contributed by atoms with Gasteiger partial charge in [-0.05, 0) is 43.4 Å². The number of aryl methyl sites for hydroxylation is 1. The monoisotopic (exact) mass is 261 g/mol. The molecule has 0 atom stereocenters. The molecule has 1 aromatic heterocycles. The van der Waals surface area contributed by atoms with E-state index in [2.05, 4.69) is 22.1 Å². The molecule has 0 saturated carbocycles. The highest BCUT2D eigenvalue weighted by Gasteiger charge is 2.05. The molecule has 2 rings (SSSR count). The molecule has 18 heavy (non-hydrogen) atoms. The van der Waals surface area contributed by atoms with Crippen LogP contribution in [0.5, 0.6) is 0 Å². The summed E-state index contributed by atoms with van der Waals surface area (Å²) in [5.41, 5.74) is 8.21. The Morgan fingerprint density at radius 2 is 2.06 bits per heavy atom. The lowest BCUT2D eigenvalue weighted by atomic mass is 10.1. The van der Waals surface area contributed by atoms with Crippen molar-refractivity contribution in [3.63, 3.8) is 0 Å². The molecule has 0 fully saturated rings. The van der Waals surface area contributed by atoms with E-state index >= 15 is 0 Å². The van der Waals surface area contributed by atoms with E-state index in [9.17, 15) is 0 Å². The Bertz CT molecular complexity index is 426. The first-order chi connectivity index (χ1) is 8.84. The van der Waals surface area contributed by atoms with Crippen molar-refractivity contribution in [1.82, 2.24) is 4.98 Å². The summed E-state index contributed by atoms with van der Waals surface area (Å²) >= 11 is 1.64. The van der Waals surface area contributed by atoms with E-state index in [4.69, 9.17) is 5.73 Å². The summed E-state index contributed by atoms with van der Waals surface area (Å²) in [5.74, 6) is 1.01. The standard InChI is InChI=1S/C14H19N3S/c15-14-17-10-12(11-18-14)6-2-1-3-7-13-8-4-5-9-16-13/h4-5,8-10H,1-3,6-7,11H2,(H2,15,17). The third-order valence-electron chi connectivity index (χ3n) is 2.94. The van der Waals surface area contributed by atoms with Crippen LogP contribution < -0.4 is 5.73 Å². The molecule has 2 heterocycles. The summed E-state index contributed by atoms with van der Waals surface area (Å²) in [6, 6.07) is 6.11. The summed E-state index contributed by atoms with van der Waals surface area (Å²) in [6.07, 6.45) is 9.72. The summed E-state index contributed by atoms with van der Waals surface area (Å²) in [4.78, 5) is 8.47. The van der Waals surface area contributed by atoms with Crippen LogP contribution >= 0.6 is 11.8 Å². The van der Waals surface area contributed by atoms with Crippen LogP contribution in [-0.2, 0) is 6.42 Å². The highest BCUT2D eigenvalue weighted by Crippen LogP contribution is 2.19. The maximum absolute atomic E-state index is 5.60. The predicted molar refractivity (Wildman–Crippen MR) is 78.6 cm³/mol. The third-order valence-corrected chi connectivity index (χ3v) is 3.85. The minimum absolute atomic E-state index is 0.689. The summed E-state index contributed by atoms with van der Waals surface area (Å²) in [7, 11) is 0. The Hall–Kier alpha value is -1.29. The van der Waals surface area contributed by atoms with Crippen molar-refractivity contribution >= 4 is 16.9 Å². The Balaban J connectivity index is 1.59. The van der Waals surface area contributed by atoms with Gasteiger partial charge in [-0.2, -0.15) is 0 Å². The van der Waals surface area contributed by atoms with Crippen LogP contribution in [0.25, 0.3) is 0 Å². The fourth-order valence-corrected chi connectivity index (χ4v) is 2.59. The maximum Gasteiger partial charge on any atom is 0.158 e. The van der Waals surface area contributed by atoms with Crippen LogP contribution in [0, 0.1) is 0 Å². The topological polar surface area (TPSA) is 51.3 Å². The quantitative estimate of drug-likeness (QED) is 0.800. The minimum Gasteiger partial charge on any atom is -0.378 e. The second-order valence-corrected chi connectivity index (χ2v) is 5.42. The number of aliphatic imine (C=N–C) groups is 1. The lowest BCUT2D eigenvalue weighted by molar-refractivity contribution is 0.669. The zero-order chi connectivity index (χ0) is 12.6. The second-order valence-electron chi connectivity index (χ2n) is 4.43. The van der Waals surface area contributed by atoms with E-state index < -0.39 is 0 Å². The van der Waals surface area contributed by atoms with E-state index in [0.717, 1.165) is 18.6 Å². The number of hydrogen-bond donors (Lipinski definition) is 1. The van der Waals surface area contributed by atoms with Crippen molar-refractivity contribution < 1.29 is 0 Å². The molecule has 0 saturated heterocycles. The van der Waals surface area contributed by atoms with E-state index in [1.807, 2.05) is 18.5 Å². The first-order valence-electron chi connectivity index (χ1n) is 6.38. The third kappa shape index (κ3) is 4.53. The van der Waals surface area contributed by atoms with Crippen molar-refractivity contribution in [3.8, 4) is 0 Å². The van der Waals surface area contributed by atoms with Crippen LogP contribution in [0.2, 0.25) is 0 Å². The molecule has 2 N–H and O–H groups in total. The number of amidine groups is 1. The molecule has 0 amide bonds. The number of aromatic nitrogens is 1. The normalized spacial score (nSPS) is 15.1. The van der Waals surface area contributed by atoms with Gasteiger partial charge in [0.15, 0.2) is 5.17 Å². The Morgan fingerprint density at radius 1 is 1.17 bits per heavy atom. The van der Waals surface area contributed by atoms with E-state index in [1.54, 1.807) is 11.8 Å². The van der Waals surface area contributed by atoms with Crippen molar-refractivity contribution in [1.29, 1.82) is 0 Å². The zero-order valence-corrected chi connectivity index (χ0v) is 11.3. The minimum atomic E-state index is 0.689. The van der Waals surface area contributed by atoms with Gasteiger partial charge in [0.2, 0.25) is 0 Å². The molecule has 0 unspecified atom stereocenters. The first kappa shape index (κ1) is 13.1. The largest absolute Gasteiger partial charge is 0.378 e. The Labute approximate surface area is 113 Å². The summed E-state index contributed by atoms with van der Waals surface area (Å²) in [5, 5.41) is 0.689. The highest BCUT2D eigenvalue weighted by atomic mass is 32.2. The van der Waals surface area contributed by atoms with Crippen LogP contribution in [-0.4, -0.2) is 15.9 Å². The van der Waals surface area contributed by atoms with Gasteiger partial charge in [-0.1, -0.05) is 24.2 Å². The number of nitrogens with zero attached hydrogens (tertiary/aromatic N) is 2. The highest BCUT2D eigenvalue weighted by molar-refractivity contribution is 8.14. The molecule has 1 aromatic rings. The first-order valence-corrected chi connectivity index (χ1v) is 7.37. The number of unbranched alkanes of at least 4 members (excludes halogenated alkanes) is 2. The van der Waals surface area contributed by atoms with Crippen LogP contribution in [0.4, 0.5) is 0 Å². The van der Waals surface area contributed by atoms with Crippen molar-refractivity contribution in [2.75, 3.05) is 5.75 Å². The SMILES string of the molecule is NC1=NC=C(CCCCCc2ccccn2)CS1. The second kappa shape index (κ2) is 7.21. The molecule has 1 aliphatic heterocycles. The number of thioether (sulfide) groups is 1. The molecule has 1 aliphatic rings. The molecule has 96 valence electrons. The zero-order valence-electron chi connectivity index (χ0n) is 10.5. The molecule has 4 heteroatoms. The van der Waals surface area contributed by atoms with Gasteiger partial charge in [0, 0.05) is 23.8 Å². The number of pyridine rings is 1. The van der Waals surface area contributed by atoms with E-state index in [0.29, 0.717) is 5.17 Å². The number of hydrogen-bond acceptors (Lipinski definition) is 4. The van der Waals surface area contributed by atoms with Crippen LogP contribution in [0.1, 0.15) is 31.4 Å². The molecule has 0 bridgehead atoms. The average molecular weight is 261 g/mol. The Morgan fingerprint density at radius 3 is 2.78 bits per heavy atom. The van der Waals surface area contributed by atoms with E-state index in [1.165, 1.54) is 30.5 Å². The van der Waals surface area contributed by atoms with Gasteiger partial charge in [-0.15, -0.1) is 0 Å². The molecule has 0 spiro atoms. The van der Waals surface area contributed by atoms with Crippen molar-refractivity contribution in [3.05, 3.63) is 41.9 Å². The molecular formula is C14H19N3S. The van der Waals surface area contributed by atoms with Gasteiger partial charge in [0.1, 0.15) is 0 Å². The van der Waals surface area contributed by atoms with Crippen LogP contribution in [0.3, 0.4) is 0 Å². The summed E-state index contributed by atoms with van der Waals surface area (Å²) in [6.45, 7) is 0. The fraction of sp³-hybridized carbons (Fsp3) is 0.429. The maximum atomic E-state index is 5.60. The molecular weight excluding hydrogens is 242 g/mol. The van der Waals surface area contributed by atoms with Gasteiger partial charge in [0.25, 0.3) is 0 Å². The van der Waals surface area contributed by atoms with Gasteiger partial charge in [-0.25, -0.2) is 4.99 Å². The van der Waals surface area contributed by atoms with Gasteiger partial charge >= 0.3 is 0 Å². The Kier molecular flexibility index (Phi) is 5.27. The average Bonchev–Trinajstić information content (AvgIpc) is 2.42.